The summed E-state index contributed by atoms with van der Waals surface area (Å²) in [5.74, 6) is 0. The highest BCUT2D eigenvalue weighted by atomic mass is 79.9. The van der Waals surface area contributed by atoms with Gasteiger partial charge < -0.3 is 10.7 Å². The molecule has 2 aromatic rings. The number of aromatic amines is 1. The molecule has 0 aliphatic heterocycles. The summed E-state index contributed by atoms with van der Waals surface area (Å²) in [5, 5.41) is 2.05. The first-order valence-corrected chi connectivity index (χ1v) is 5.97. The monoisotopic (exact) mass is 271 g/mol. The van der Waals surface area contributed by atoms with Crippen LogP contribution in [0.1, 0.15) is 5.69 Å². The summed E-state index contributed by atoms with van der Waals surface area (Å²) in [4.78, 5) is 8.73. The van der Waals surface area contributed by atoms with Crippen LogP contribution in [-0.4, -0.2) is 16.5 Å². The molecule has 2 aromatic heterocycles. The fourth-order valence-electron chi connectivity index (χ4n) is 1.32. The Morgan fingerprint density at radius 2 is 2.43 bits per heavy atom. The summed E-state index contributed by atoms with van der Waals surface area (Å²) in [6, 6.07) is 4.09. The normalized spacial score (nSPS) is 10.7. The lowest BCUT2D eigenvalue weighted by Gasteiger charge is -1.96. The van der Waals surface area contributed by atoms with E-state index in [4.69, 9.17) is 5.73 Å². The van der Waals surface area contributed by atoms with Crippen molar-refractivity contribution in [3.8, 4) is 10.6 Å². The van der Waals surface area contributed by atoms with Crippen LogP contribution in [0.2, 0.25) is 0 Å². The first kappa shape index (κ1) is 9.89. The maximum atomic E-state index is 5.53. The molecule has 0 atom stereocenters. The zero-order valence-corrected chi connectivity index (χ0v) is 9.86. The van der Waals surface area contributed by atoms with Crippen LogP contribution in [0, 0.1) is 0 Å². The number of nitrogens with zero attached hydrogens (tertiary/aromatic N) is 1. The molecule has 0 saturated heterocycles. The number of imidazole rings is 1. The predicted molar refractivity (Wildman–Crippen MR) is 62.4 cm³/mol. The third-order valence-electron chi connectivity index (χ3n) is 1.90. The number of aromatic nitrogens is 2. The van der Waals surface area contributed by atoms with E-state index in [0.29, 0.717) is 6.54 Å². The molecule has 0 aliphatic rings. The molecule has 3 nitrogen and oxygen atoms in total. The molecular formula is C9H10BrN3S. The van der Waals surface area contributed by atoms with Gasteiger partial charge in [-0.15, -0.1) is 11.3 Å². The minimum Gasteiger partial charge on any atom is -0.336 e. The van der Waals surface area contributed by atoms with Gasteiger partial charge in [-0.1, -0.05) is 6.07 Å². The lowest BCUT2D eigenvalue weighted by Crippen LogP contribution is -2.03. The Hall–Kier alpha value is -0.650. The van der Waals surface area contributed by atoms with Gasteiger partial charge in [-0.25, -0.2) is 4.98 Å². The van der Waals surface area contributed by atoms with Crippen molar-refractivity contribution in [3.05, 3.63) is 27.9 Å². The van der Waals surface area contributed by atoms with Crippen molar-refractivity contribution in [2.75, 3.05) is 6.54 Å². The lowest BCUT2D eigenvalue weighted by atomic mass is 10.2. The number of hydrogen-bond acceptors (Lipinski definition) is 3. The first-order chi connectivity index (χ1) is 6.81. The second kappa shape index (κ2) is 4.25. The third-order valence-corrected chi connectivity index (χ3v) is 3.15. The second-order valence-corrected chi connectivity index (χ2v) is 4.57. The lowest BCUT2D eigenvalue weighted by molar-refractivity contribution is 0.934. The number of nitrogens with two attached hydrogens (primary N) is 1. The van der Waals surface area contributed by atoms with Gasteiger partial charge in [0.2, 0.25) is 0 Å². The molecule has 0 aliphatic carbocycles. The molecule has 14 heavy (non-hydrogen) atoms. The van der Waals surface area contributed by atoms with Crippen LogP contribution in [0.5, 0.6) is 0 Å². The standard InChI is InChI=1S/C9H10BrN3S/c10-9-12-6(3-4-11)8(13-9)7-2-1-5-14-7/h1-2,5H,3-4,11H2,(H,12,13). The Morgan fingerprint density at radius 3 is 3.07 bits per heavy atom. The van der Waals surface area contributed by atoms with E-state index in [-0.39, 0.29) is 0 Å². The number of thiophene rings is 1. The molecule has 0 aromatic carbocycles. The van der Waals surface area contributed by atoms with Crippen LogP contribution < -0.4 is 5.73 Å². The summed E-state index contributed by atoms with van der Waals surface area (Å²) >= 11 is 5.02. The fourth-order valence-corrected chi connectivity index (χ4v) is 2.48. The topological polar surface area (TPSA) is 54.7 Å². The Bertz CT molecular complexity index is 408. The molecule has 0 amide bonds. The van der Waals surface area contributed by atoms with Gasteiger partial charge in [0.15, 0.2) is 4.73 Å². The molecule has 0 bridgehead atoms. The average Bonchev–Trinajstić information content (AvgIpc) is 2.74. The zero-order chi connectivity index (χ0) is 9.97. The van der Waals surface area contributed by atoms with Crippen LogP contribution in [0.4, 0.5) is 0 Å². The summed E-state index contributed by atoms with van der Waals surface area (Å²) in [6.07, 6.45) is 0.825. The van der Waals surface area contributed by atoms with Crippen LogP contribution in [-0.2, 0) is 6.42 Å². The maximum Gasteiger partial charge on any atom is 0.175 e. The van der Waals surface area contributed by atoms with E-state index in [1.54, 1.807) is 11.3 Å². The third kappa shape index (κ3) is 1.89. The minimum absolute atomic E-state index is 0.632. The van der Waals surface area contributed by atoms with Gasteiger partial charge in [-0.2, -0.15) is 0 Å². The number of H-pyrrole nitrogens is 1. The van der Waals surface area contributed by atoms with Crippen LogP contribution in [0.3, 0.4) is 0 Å². The van der Waals surface area contributed by atoms with E-state index in [1.807, 2.05) is 11.4 Å². The van der Waals surface area contributed by atoms with Gasteiger partial charge >= 0.3 is 0 Å². The van der Waals surface area contributed by atoms with E-state index in [2.05, 4.69) is 32.0 Å². The van der Waals surface area contributed by atoms with E-state index < -0.39 is 0 Å². The predicted octanol–water partition coefficient (Wildman–Crippen LogP) is 2.40. The summed E-state index contributed by atoms with van der Waals surface area (Å²) in [5.41, 5.74) is 7.64. The Balaban J connectivity index is 2.41. The molecule has 0 saturated carbocycles. The molecule has 2 rings (SSSR count). The van der Waals surface area contributed by atoms with Gasteiger partial charge in [-0.05, 0) is 33.9 Å². The Morgan fingerprint density at radius 1 is 1.57 bits per heavy atom. The maximum absolute atomic E-state index is 5.53. The SMILES string of the molecule is NCCc1[nH]c(Br)nc1-c1cccs1. The molecule has 74 valence electrons. The van der Waals surface area contributed by atoms with Crippen molar-refractivity contribution in [2.24, 2.45) is 5.73 Å². The van der Waals surface area contributed by atoms with E-state index in [0.717, 1.165) is 22.5 Å². The first-order valence-electron chi connectivity index (χ1n) is 4.29. The van der Waals surface area contributed by atoms with Gasteiger partial charge in [-0.3, -0.25) is 0 Å². The zero-order valence-electron chi connectivity index (χ0n) is 7.46. The van der Waals surface area contributed by atoms with Crippen molar-refractivity contribution in [2.45, 2.75) is 6.42 Å². The highest BCUT2D eigenvalue weighted by Gasteiger charge is 2.10. The molecule has 0 spiro atoms. The van der Waals surface area contributed by atoms with Crippen LogP contribution in [0.25, 0.3) is 10.6 Å². The number of rotatable bonds is 3. The summed E-state index contributed by atoms with van der Waals surface area (Å²) in [7, 11) is 0. The van der Waals surface area contributed by atoms with Crippen molar-refractivity contribution < 1.29 is 0 Å². The minimum atomic E-state index is 0.632. The van der Waals surface area contributed by atoms with Crippen molar-refractivity contribution >= 4 is 27.3 Å². The van der Waals surface area contributed by atoms with Crippen LogP contribution >= 0.6 is 27.3 Å². The molecule has 2 heterocycles. The van der Waals surface area contributed by atoms with Crippen LogP contribution in [0.15, 0.2) is 22.2 Å². The molecule has 5 heteroatoms. The quantitative estimate of drug-likeness (QED) is 0.901. The highest BCUT2D eigenvalue weighted by molar-refractivity contribution is 9.10. The molecule has 3 N–H and O–H groups in total. The van der Waals surface area contributed by atoms with Crippen molar-refractivity contribution in [1.29, 1.82) is 0 Å². The summed E-state index contributed by atoms with van der Waals surface area (Å²) in [6.45, 7) is 0.632. The number of halogens is 1. The largest absolute Gasteiger partial charge is 0.336 e. The number of hydrogen-bond donors (Lipinski definition) is 2. The smallest absolute Gasteiger partial charge is 0.175 e. The fraction of sp³-hybridized carbons (Fsp3) is 0.222. The van der Waals surface area contributed by atoms with Gasteiger partial charge in [0, 0.05) is 12.1 Å². The van der Waals surface area contributed by atoms with Gasteiger partial charge in [0.05, 0.1) is 4.88 Å². The van der Waals surface area contributed by atoms with E-state index >= 15 is 0 Å². The second-order valence-electron chi connectivity index (χ2n) is 2.87. The number of nitrogens with one attached hydrogen (secondary N) is 1. The molecular weight excluding hydrogens is 262 g/mol. The highest BCUT2D eigenvalue weighted by Crippen LogP contribution is 2.27. The molecule has 0 radical (unpaired) electrons. The van der Waals surface area contributed by atoms with Gasteiger partial charge in [0.1, 0.15) is 5.69 Å². The molecule has 0 fully saturated rings. The van der Waals surface area contributed by atoms with Crippen molar-refractivity contribution in [3.63, 3.8) is 0 Å². The van der Waals surface area contributed by atoms with E-state index in [1.165, 1.54) is 4.88 Å². The average molecular weight is 272 g/mol. The Labute approximate surface area is 94.5 Å². The Kier molecular flexibility index (Phi) is 3.00. The summed E-state index contributed by atoms with van der Waals surface area (Å²) < 4.78 is 0.768. The van der Waals surface area contributed by atoms with E-state index in [9.17, 15) is 0 Å². The van der Waals surface area contributed by atoms with Crippen molar-refractivity contribution in [1.82, 2.24) is 9.97 Å². The van der Waals surface area contributed by atoms with Gasteiger partial charge in [0.25, 0.3) is 0 Å². The molecule has 0 unspecified atom stereocenters.